The Bertz CT molecular complexity index is 169. The van der Waals surface area contributed by atoms with Gasteiger partial charge in [0, 0.05) is 17.8 Å². The summed E-state index contributed by atoms with van der Waals surface area (Å²) in [5, 5.41) is 2.99. The predicted octanol–water partition coefficient (Wildman–Crippen LogP) is 3.09. The summed E-state index contributed by atoms with van der Waals surface area (Å²) in [4.78, 5) is 11.5. The van der Waals surface area contributed by atoms with E-state index in [-0.39, 0.29) is 11.4 Å². The number of alkyl halides is 1. The molecule has 0 fully saturated rings. The molecule has 0 spiro atoms. The Morgan fingerprint density at radius 1 is 1.36 bits per heavy atom. The SMILES string of the molecule is CCCCCC(=O)NC(C)(C)CCCl. The van der Waals surface area contributed by atoms with Crippen LogP contribution in [0.3, 0.4) is 0 Å². The lowest BCUT2D eigenvalue weighted by Crippen LogP contribution is -2.43. The third-order valence-corrected chi connectivity index (χ3v) is 2.39. The molecule has 0 aliphatic rings. The van der Waals surface area contributed by atoms with Crippen molar-refractivity contribution in [3.63, 3.8) is 0 Å². The van der Waals surface area contributed by atoms with Crippen molar-refractivity contribution in [3.8, 4) is 0 Å². The summed E-state index contributed by atoms with van der Waals surface area (Å²) in [6.45, 7) is 6.15. The maximum absolute atomic E-state index is 11.5. The van der Waals surface area contributed by atoms with Crippen LogP contribution in [0.4, 0.5) is 0 Å². The highest BCUT2D eigenvalue weighted by atomic mass is 35.5. The van der Waals surface area contributed by atoms with Crippen LogP contribution in [0.15, 0.2) is 0 Å². The number of nitrogens with one attached hydrogen (secondary N) is 1. The van der Waals surface area contributed by atoms with Gasteiger partial charge in [0.25, 0.3) is 0 Å². The van der Waals surface area contributed by atoms with Gasteiger partial charge < -0.3 is 5.32 Å². The van der Waals surface area contributed by atoms with Crippen molar-refractivity contribution in [1.82, 2.24) is 5.32 Å². The van der Waals surface area contributed by atoms with Gasteiger partial charge in [0.1, 0.15) is 0 Å². The Kier molecular flexibility index (Phi) is 6.98. The van der Waals surface area contributed by atoms with Crippen molar-refractivity contribution in [1.29, 1.82) is 0 Å². The molecule has 0 aromatic rings. The maximum Gasteiger partial charge on any atom is 0.220 e. The fourth-order valence-corrected chi connectivity index (χ4v) is 1.75. The Balaban J connectivity index is 3.69. The van der Waals surface area contributed by atoms with Gasteiger partial charge in [0.05, 0.1) is 0 Å². The van der Waals surface area contributed by atoms with Crippen LogP contribution >= 0.6 is 11.6 Å². The Hall–Kier alpha value is -0.240. The lowest BCUT2D eigenvalue weighted by atomic mass is 10.0. The van der Waals surface area contributed by atoms with Gasteiger partial charge in [-0.1, -0.05) is 19.8 Å². The minimum atomic E-state index is -0.162. The summed E-state index contributed by atoms with van der Waals surface area (Å²) < 4.78 is 0. The molecular formula is C11H22ClNO. The van der Waals surface area contributed by atoms with Crippen molar-refractivity contribution >= 4 is 17.5 Å². The second-order valence-electron chi connectivity index (χ2n) is 4.33. The van der Waals surface area contributed by atoms with Gasteiger partial charge >= 0.3 is 0 Å². The summed E-state index contributed by atoms with van der Waals surface area (Å²) in [7, 11) is 0. The van der Waals surface area contributed by atoms with Gasteiger partial charge in [-0.15, -0.1) is 11.6 Å². The normalized spacial score (nSPS) is 11.4. The summed E-state index contributed by atoms with van der Waals surface area (Å²) in [5.74, 6) is 0.732. The maximum atomic E-state index is 11.5. The molecule has 0 heterocycles. The largest absolute Gasteiger partial charge is 0.351 e. The van der Waals surface area contributed by atoms with E-state index in [2.05, 4.69) is 12.2 Å². The quantitative estimate of drug-likeness (QED) is 0.518. The zero-order valence-electron chi connectivity index (χ0n) is 9.53. The summed E-state index contributed by atoms with van der Waals surface area (Å²) in [6.07, 6.45) is 4.72. The first kappa shape index (κ1) is 13.8. The highest BCUT2D eigenvalue weighted by Crippen LogP contribution is 2.10. The van der Waals surface area contributed by atoms with Crippen LogP contribution < -0.4 is 5.32 Å². The molecule has 0 aliphatic heterocycles. The molecule has 0 aromatic carbocycles. The van der Waals surface area contributed by atoms with E-state index >= 15 is 0 Å². The molecule has 3 heteroatoms. The predicted molar refractivity (Wildman–Crippen MR) is 61.7 cm³/mol. The van der Waals surface area contributed by atoms with Crippen molar-refractivity contribution in [3.05, 3.63) is 0 Å². The fraction of sp³-hybridized carbons (Fsp3) is 0.909. The Morgan fingerprint density at radius 2 is 2.00 bits per heavy atom. The second kappa shape index (κ2) is 7.10. The monoisotopic (exact) mass is 219 g/mol. The van der Waals surface area contributed by atoms with Crippen molar-refractivity contribution in [2.75, 3.05) is 5.88 Å². The number of carbonyl (C=O) groups excluding carboxylic acids is 1. The molecular weight excluding hydrogens is 198 g/mol. The van der Waals surface area contributed by atoms with Crippen LogP contribution in [0.5, 0.6) is 0 Å². The van der Waals surface area contributed by atoms with E-state index in [0.29, 0.717) is 12.3 Å². The minimum Gasteiger partial charge on any atom is -0.351 e. The Morgan fingerprint density at radius 3 is 2.50 bits per heavy atom. The summed E-state index contributed by atoms with van der Waals surface area (Å²) in [5.41, 5.74) is -0.162. The molecule has 0 bridgehead atoms. The molecule has 2 nitrogen and oxygen atoms in total. The fourth-order valence-electron chi connectivity index (χ4n) is 1.27. The van der Waals surface area contributed by atoms with Gasteiger partial charge in [0.2, 0.25) is 5.91 Å². The van der Waals surface area contributed by atoms with Crippen molar-refractivity contribution in [2.24, 2.45) is 0 Å². The zero-order chi connectivity index (χ0) is 11.0. The first-order valence-electron chi connectivity index (χ1n) is 5.39. The second-order valence-corrected chi connectivity index (χ2v) is 4.71. The van der Waals surface area contributed by atoms with Gasteiger partial charge in [-0.25, -0.2) is 0 Å². The molecule has 0 unspecified atom stereocenters. The molecule has 0 rings (SSSR count). The molecule has 0 saturated heterocycles. The van der Waals surface area contributed by atoms with Gasteiger partial charge in [0.15, 0.2) is 0 Å². The standard InChI is InChI=1S/C11H22ClNO/c1-4-5-6-7-10(14)13-11(2,3)8-9-12/h4-9H2,1-3H3,(H,13,14). The molecule has 0 aliphatic carbocycles. The molecule has 0 saturated carbocycles. The first-order valence-corrected chi connectivity index (χ1v) is 5.92. The first-order chi connectivity index (χ1) is 6.52. The van der Waals surface area contributed by atoms with E-state index in [9.17, 15) is 4.79 Å². The highest BCUT2D eigenvalue weighted by molar-refractivity contribution is 6.17. The molecule has 14 heavy (non-hydrogen) atoms. The van der Waals surface area contributed by atoms with Crippen molar-refractivity contribution in [2.45, 2.75) is 58.4 Å². The van der Waals surface area contributed by atoms with Crippen LogP contribution in [0.25, 0.3) is 0 Å². The number of unbranched alkanes of at least 4 members (excludes halogenated alkanes) is 2. The van der Waals surface area contributed by atoms with Crippen LogP contribution in [-0.4, -0.2) is 17.3 Å². The average Bonchev–Trinajstić information content (AvgIpc) is 2.03. The van der Waals surface area contributed by atoms with Crippen LogP contribution in [0.2, 0.25) is 0 Å². The molecule has 0 radical (unpaired) electrons. The Labute approximate surface area is 92.4 Å². The molecule has 1 N–H and O–H groups in total. The van der Waals surface area contributed by atoms with Crippen LogP contribution in [0.1, 0.15) is 52.9 Å². The zero-order valence-corrected chi connectivity index (χ0v) is 10.3. The molecule has 0 aromatic heterocycles. The summed E-state index contributed by atoms with van der Waals surface area (Å²) >= 11 is 5.64. The van der Waals surface area contributed by atoms with Gasteiger partial charge in [-0.3, -0.25) is 4.79 Å². The van der Waals surface area contributed by atoms with Gasteiger partial charge in [-0.2, -0.15) is 0 Å². The van der Waals surface area contributed by atoms with Crippen LogP contribution in [-0.2, 0) is 4.79 Å². The van der Waals surface area contributed by atoms with Crippen LogP contribution in [0, 0.1) is 0 Å². The molecule has 0 atom stereocenters. The molecule has 1 amide bonds. The number of rotatable bonds is 7. The van der Waals surface area contributed by atoms with E-state index in [1.165, 1.54) is 0 Å². The number of hydrogen-bond donors (Lipinski definition) is 1. The number of amides is 1. The lowest BCUT2D eigenvalue weighted by Gasteiger charge is -2.25. The number of halogens is 1. The third-order valence-electron chi connectivity index (χ3n) is 2.20. The minimum absolute atomic E-state index is 0.147. The summed E-state index contributed by atoms with van der Waals surface area (Å²) in [6, 6.07) is 0. The smallest absolute Gasteiger partial charge is 0.220 e. The van der Waals surface area contributed by atoms with E-state index in [1.54, 1.807) is 0 Å². The van der Waals surface area contributed by atoms with E-state index in [4.69, 9.17) is 11.6 Å². The number of hydrogen-bond acceptors (Lipinski definition) is 1. The lowest BCUT2D eigenvalue weighted by molar-refractivity contribution is -0.122. The van der Waals surface area contributed by atoms with Gasteiger partial charge in [-0.05, 0) is 26.7 Å². The van der Waals surface area contributed by atoms with E-state index < -0.39 is 0 Å². The number of carbonyl (C=O) groups is 1. The van der Waals surface area contributed by atoms with E-state index in [1.807, 2.05) is 13.8 Å². The highest BCUT2D eigenvalue weighted by Gasteiger charge is 2.18. The molecule has 84 valence electrons. The topological polar surface area (TPSA) is 29.1 Å². The third kappa shape index (κ3) is 7.19. The van der Waals surface area contributed by atoms with E-state index in [0.717, 1.165) is 25.7 Å². The van der Waals surface area contributed by atoms with Crippen molar-refractivity contribution < 1.29 is 4.79 Å². The average molecular weight is 220 g/mol.